The van der Waals surface area contributed by atoms with E-state index >= 15 is 0 Å². The molecule has 1 aromatic carbocycles. The fraction of sp³-hybridized carbons (Fsp3) is 0.471. The molecule has 0 bridgehead atoms. The van der Waals surface area contributed by atoms with Gasteiger partial charge in [0, 0.05) is 11.6 Å². The van der Waals surface area contributed by atoms with E-state index in [4.69, 9.17) is 26.0 Å². The molecule has 0 spiro atoms. The van der Waals surface area contributed by atoms with Crippen LogP contribution in [0.4, 0.5) is 0 Å². The molecule has 1 aliphatic rings. The number of rotatable bonds is 5. The Labute approximate surface area is 148 Å². The molecule has 1 aliphatic heterocycles. The molecule has 0 amide bonds. The topological polar surface area (TPSA) is 67.8 Å². The van der Waals surface area contributed by atoms with Gasteiger partial charge in [0.2, 0.25) is 0 Å². The summed E-state index contributed by atoms with van der Waals surface area (Å²) in [6, 6.07) is 4.66. The summed E-state index contributed by atoms with van der Waals surface area (Å²) in [4.78, 5) is 11.0. The first-order valence-electron chi connectivity index (χ1n) is 7.81. The second-order valence-corrected chi connectivity index (χ2v) is 7.29. The van der Waals surface area contributed by atoms with Crippen LogP contribution in [0.1, 0.15) is 43.6 Å². The predicted octanol–water partition coefficient (Wildman–Crippen LogP) is 3.27. The van der Waals surface area contributed by atoms with Gasteiger partial charge in [0.1, 0.15) is 0 Å². The Morgan fingerprint density at radius 3 is 2.33 bits per heavy atom. The van der Waals surface area contributed by atoms with Gasteiger partial charge in [0.25, 0.3) is 0 Å². The first-order chi connectivity index (χ1) is 11.1. The van der Waals surface area contributed by atoms with Crippen LogP contribution in [0.2, 0.25) is 5.02 Å². The van der Waals surface area contributed by atoms with E-state index in [0.29, 0.717) is 11.6 Å². The van der Waals surface area contributed by atoms with Gasteiger partial charge < -0.3 is 19.7 Å². The van der Waals surface area contributed by atoms with E-state index in [1.807, 2.05) is 40.8 Å². The van der Waals surface area contributed by atoms with Gasteiger partial charge in [-0.05, 0) is 57.9 Å². The molecule has 0 saturated carbocycles. The largest absolute Gasteiger partial charge is 0.491 e. The van der Waals surface area contributed by atoms with Gasteiger partial charge in [-0.1, -0.05) is 23.7 Å². The molecule has 1 heterocycles. The van der Waals surface area contributed by atoms with Gasteiger partial charge in [0.05, 0.1) is 16.8 Å². The van der Waals surface area contributed by atoms with E-state index in [9.17, 15) is 4.79 Å². The molecule has 0 unspecified atom stereocenters. The summed E-state index contributed by atoms with van der Waals surface area (Å²) in [5, 5.41) is 12.5. The highest BCUT2D eigenvalue weighted by atomic mass is 35.5. The predicted molar refractivity (Wildman–Crippen MR) is 96.4 cm³/mol. The first kappa shape index (κ1) is 19.0. The van der Waals surface area contributed by atoms with Crippen molar-refractivity contribution >= 4 is 30.8 Å². The van der Waals surface area contributed by atoms with Crippen molar-refractivity contribution in [1.29, 1.82) is 0 Å². The Kier molecular flexibility index (Phi) is 5.45. The molecular weight excluding hydrogens is 328 g/mol. The second-order valence-electron chi connectivity index (χ2n) is 6.88. The third kappa shape index (κ3) is 3.83. The van der Waals surface area contributed by atoms with Crippen LogP contribution in [-0.4, -0.2) is 43.0 Å². The zero-order chi connectivity index (χ0) is 18.1. The van der Waals surface area contributed by atoms with Crippen LogP contribution in [0.25, 0.3) is 6.08 Å². The summed E-state index contributed by atoms with van der Waals surface area (Å²) in [5.41, 5.74) is 0.911. The molecule has 7 heteroatoms. The molecular formula is C17H23BClNO4. The van der Waals surface area contributed by atoms with Crippen LogP contribution in [0.15, 0.2) is 23.7 Å². The van der Waals surface area contributed by atoms with Crippen molar-refractivity contribution in [1.82, 2.24) is 5.32 Å². The van der Waals surface area contributed by atoms with Crippen LogP contribution < -0.4 is 5.32 Å². The van der Waals surface area contributed by atoms with Gasteiger partial charge in [-0.3, -0.25) is 0 Å². The number of halogens is 1. The maximum Gasteiger partial charge on any atom is 0.491 e. The van der Waals surface area contributed by atoms with Crippen LogP contribution in [-0.2, 0) is 9.31 Å². The van der Waals surface area contributed by atoms with E-state index in [1.165, 1.54) is 12.1 Å². The summed E-state index contributed by atoms with van der Waals surface area (Å²) in [6.45, 7) is 8.56. The molecule has 1 aromatic rings. The number of benzene rings is 1. The van der Waals surface area contributed by atoms with Gasteiger partial charge in [-0.2, -0.15) is 0 Å². The maximum atomic E-state index is 11.0. The number of hydrogen-bond donors (Lipinski definition) is 2. The number of hydrogen-bond acceptors (Lipinski definition) is 4. The van der Waals surface area contributed by atoms with Crippen LogP contribution in [0.5, 0.6) is 0 Å². The molecule has 2 rings (SSSR count). The highest BCUT2D eigenvalue weighted by Gasteiger charge is 2.52. The molecule has 0 aliphatic carbocycles. The molecule has 0 aromatic heterocycles. The Balaban J connectivity index is 2.35. The zero-order valence-electron chi connectivity index (χ0n) is 14.6. The number of carboxylic acids is 1. The highest BCUT2D eigenvalue weighted by Crippen LogP contribution is 2.39. The quantitative estimate of drug-likeness (QED) is 0.797. The molecule has 0 atom stereocenters. The van der Waals surface area contributed by atoms with E-state index < -0.39 is 24.3 Å². The third-order valence-corrected chi connectivity index (χ3v) is 4.85. The Morgan fingerprint density at radius 2 is 1.88 bits per heavy atom. The Morgan fingerprint density at radius 1 is 1.29 bits per heavy atom. The third-order valence-electron chi connectivity index (χ3n) is 4.53. The van der Waals surface area contributed by atoms with Crippen molar-refractivity contribution in [3.8, 4) is 0 Å². The zero-order valence-corrected chi connectivity index (χ0v) is 15.4. The van der Waals surface area contributed by atoms with Crippen molar-refractivity contribution in [2.24, 2.45) is 0 Å². The van der Waals surface area contributed by atoms with Crippen molar-refractivity contribution in [3.05, 3.63) is 39.8 Å². The number of likely N-dealkylation sites (N-methyl/N-ethyl adjacent to an activating group) is 1. The second kappa shape index (κ2) is 6.88. The number of carbonyl (C=O) groups is 1. The first-order valence-corrected chi connectivity index (χ1v) is 8.19. The molecule has 5 nitrogen and oxygen atoms in total. The monoisotopic (exact) mass is 351 g/mol. The van der Waals surface area contributed by atoms with E-state index in [2.05, 4.69) is 5.32 Å². The summed E-state index contributed by atoms with van der Waals surface area (Å²) >= 11 is 6.23. The fourth-order valence-corrected chi connectivity index (χ4v) is 2.61. The van der Waals surface area contributed by atoms with Crippen molar-refractivity contribution in [3.63, 3.8) is 0 Å². The number of carboxylic acid groups (broad SMARTS) is 1. The summed E-state index contributed by atoms with van der Waals surface area (Å²) < 4.78 is 12.2. The lowest BCUT2D eigenvalue weighted by Crippen LogP contribution is -2.41. The summed E-state index contributed by atoms with van der Waals surface area (Å²) in [5.74, 6) is -1.01. The number of nitrogens with one attached hydrogen (secondary N) is 1. The van der Waals surface area contributed by atoms with Crippen molar-refractivity contribution in [2.75, 3.05) is 13.6 Å². The molecule has 0 radical (unpaired) electrons. The van der Waals surface area contributed by atoms with Gasteiger partial charge in [-0.25, -0.2) is 4.79 Å². The molecule has 130 valence electrons. The van der Waals surface area contributed by atoms with Gasteiger partial charge in [0.15, 0.2) is 0 Å². The smallest absolute Gasteiger partial charge is 0.478 e. The average Bonchev–Trinajstić information content (AvgIpc) is 2.68. The minimum Gasteiger partial charge on any atom is -0.478 e. The molecule has 2 N–H and O–H groups in total. The molecule has 1 fully saturated rings. The van der Waals surface area contributed by atoms with E-state index in [-0.39, 0.29) is 5.56 Å². The standard InChI is InChI=1S/C17H23BClNO4/c1-16(2)17(3,4)24-18(23-16)13(10-20-5)8-11-6-7-12(15(21)22)9-14(11)19/h6-9,20H,10H2,1-5H3,(H,21,22). The van der Waals surface area contributed by atoms with E-state index in [0.717, 1.165) is 11.0 Å². The Bertz CT molecular complexity index is 657. The fourth-order valence-electron chi connectivity index (χ4n) is 2.38. The van der Waals surface area contributed by atoms with Crippen LogP contribution >= 0.6 is 11.6 Å². The minimum atomic E-state index is -1.01. The van der Waals surface area contributed by atoms with Gasteiger partial charge in [-0.15, -0.1) is 0 Å². The summed E-state index contributed by atoms with van der Waals surface area (Å²) in [6.07, 6.45) is 1.88. The van der Waals surface area contributed by atoms with Crippen LogP contribution in [0, 0.1) is 0 Å². The van der Waals surface area contributed by atoms with Crippen molar-refractivity contribution < 1.29 is 19.2 Å². The SMILES string of the molecule is CNCC(=Cc1ccc(C(=O)O)cc1Cl)B1OC(C)(C)C(C)(C)O1. The van der Waals surface area contributed by atoms with Crippen molar-refractivity contribution in [2.45, 2.75) is 38.9 Å². The molecule has 1 saturated heterocycles. The minimum absolute atomic E-state index is 0.156. The Hall–Kier alpha value is -1.34. The average molecular weight is 352 g/mol. The lowest BCUT2D eigenvalue weighted by atomic mass is 9.77. The van der Waals surface area contributed by atoms with E-state index in [1.54, 1.807) is 6.07 Å². The molecule has 24 heavy (non-hydrogen) atoms. The van der Waals surface area contributed by atoms with Crippen LogP contribution in [0.3, 0.4) is 0 Å². The number of aromatic carboxylic acids is 1. The lowest BCUT2D eigenvalue weighted by molar-refractivity contribution is 0.00578. The lowest BCUT2D eigenvalue weighted by Gasteiger charge is -2.32. The summed E-state index contributed by atoms with van der Waals surface area (Å²) in [7, 11) is 1.35. The normalized spacial score (nSPS) is 19.6. The van der Waals surface area contributed by atoms with Gasteiger partial charge >= 0.3 is 13.1 Å². The maximum absolute atomic E-state index is 11.0. The highest BCUT2D eigenvalue weighted by molar-refractivity contribution is 6.56.